The fourth-order valence-corrected chi connectivity index (χ4v) is 4.06. The molecule has 1 aliphatic rings. The zero-order valence-electron chi connectivity index (χ0n) is 18.1. The smallest absolute Gasteiger partial charge is 0.310 e. The van der Waals surface area contributed by atoms with Crippen molar-refractivity contribution in [1.29, 1.82) is 0 Å². The molecule has 32 heavy (non-hydrogen) atoms. The van der Waals surface area contributed by atoms with Gasteiger partial charge in [0.05, 0.1) is 12.1 Å². The van der Waals surface area contributed by atoms with Crippen LogP contribution in [0.5, 0.6) is 0 Å². The van der Waals surface area contributed by atoms with Gasteiger partial charge in [-0.15, -0.1) is 0 Å². The van der Waals surface area contributed by atoms with Gasteiger partial charge in [0.2, 0.25) is 5.91 Å². The van der Waals surface area contributed by atoms with Gasteiger partial charge < -0.3 is 10.2 Å². The van der Waals surface area contributed by atoms with Crippen molar-refractivity contribution in [2.24, 2.45) is 18.9 Å². The first kappa shape index (κ1) is 22.3. The summed E-state index contributed by atoms with van der Waals surface area (Å²) in [4.78, 5) is 18.9. The van der Waals surface area contributed by atoms with Crippen LogP contribution in [0.4, 0.5) is 19.0 Å². The van der Waals surface area contributed by atoms with Crippen LogP contribution in [-0.2, 0) is 11.8 Å². The zero-order valence-corrected chi connectivity index (χ0v) is 18.1. The lowest BCUT2D eigenvalue weighted by Crippen LogP contribution is -2.42. The Kier molecular flexibility index (Phi) is 6.19. The van der Waals surface area contributed by atoms with Crippen LogP contribution in [-0.4, -0.2) is 51.4 Å². The summed E-state index contributed by atoms with van der Waals surface area (Å²) in [5.41, 5.74) is 2.03. The standard InChI is InChI=1S/C23H26F3N5O/c1-15(23(24,25)26)13-31-7-5-16(6-8-31)22(32)29-21-10-19-9-17(3-4-18(19)11-27-21)20-12-28-30(2)14-20/h3-4,9-12,14-16H,5-8,13H2,1-2H3,(H,27,29,32)/t15-/m0/s1. The predicted octanol–water partition coefficient (Wildman–Crippen LogP) is 4.48. The highest BCUT2D eigenvalue weighted by molar-refractivity contribution is 5.95. The van der Waals surface area contributed by atoms with E-state index in [0.717, 1.165) is 21.9 Å². The van der Waals surface area contributed by atoms with Gasteiger partial charge in [0.25, 0.3) is 0 Å². The topological polar surface area (TPSA) is 63.1 Å². The van der Waals surface area contributed by atoms with Crippen LogP contribution >= 0.6 is 0 Å². The number of carbonyl (C=O) groups excluding carboxylic acids is 1. The van der Waals surface area contributed by atoms with Crippen LogP contribution in [0, 0.1) is 11.8 Å². The number of benzene rings is 1. The number of amides is 1. The van der Waals surface area contributed by atoms with E-state index in [1.807, 2.05) is 37.5 Å². The third kappa shape index (κ3) is 5.09. The minimum absolute atomic E-state index is 0.0245. The molecular weight excluding hydrogens is 419 g/mol. The van der Waals surface area contributed by atoms with E-state index >= 15 is 0 Å². The SMILES string of the molecule is C[C@@H](CN1CCC(C(=O)Nc2cc3cc(-c4cnn(C)c4)ccc3cn2)CC1)C(F)(F)F. The third-order valence-electron chi connectivity index (χ3n) is 6.06. The lowest BCUT2D eigenvalue weighted by molar-refractivity contribution is -0.174. The number of rotatable bonds is 5. The molecule has 6 nitrogen and oxygen atoms in total. The maximum Gasteiger partial charge on any atom is 0.392 e. The Morgan fingerprint density at radius 3 is 2.56 bits per heavy atom. The zero-order chi connectivity index (χ0) is 22.9. The molecule has 2 aromatic heterocycles. The quantitative estimate of drug-likeness (QED) is 0.629. The molecule has 0 unspecified atom stereocenters. The van der Waals surface area contributed by atoms with Crippen molar-refractivity contribution >= 4 is 22.5 Å². The molecule has 1 N–H and O–H groups in total. The Hall–Kier alpha value is -2.94. The van der Waals surface area contributed by atoms with Crippen molar-refractivity contribution in [3.05, 3.63) is 42.9 Å². The average molecular weight is 445 g/mol. The van der Waals surface area contributed by atoms with Crippen molar-refractivity contribution in [2.45, 2.75) is 25.9 Å². The summed E-state index contributed by atoms with van der Waals surface area (Å²) >= 11 is 0. The molecule has 0 radical (unpaired) electrons. The van der Waals surface area contributed by atoms with Crippen molar-refractivity contribution in [3.8, 4) is 11.1 Å². The number of nitrogens with one attached hydrogen (secondary N) is 1. The Bertz CT molecular complexity index is 1100. The highest BCUT2D eigenvalue weighted by atomic mass is 19.4. The van der Waals surface area contributed by atoms with Crippen LogP contribution in [0.1, 0.15) is 19.8 Å². The molecule has 3 aromatic rings. The van der Waals surface area contributed by atoms with Gasteiger partial charge in [-0.25, -0.2) is 4.98 Å². The maximum absolute atomic E-state index is 12.8. The number of likely N-dealkylation sites (tertiary alicyclic amines) is 1. The number of pyridine rings is 1. The number of halogens is 3. The lowest BCUT2D eigenvalue weighted by atomic mass is 9.95. The fraction of sp³-hybridized carbons (Fsp3) is 0.435. The second kappa shape index (κ2) is 8.90. The van der Waals surface area contributed by atoms with Crippen molar-refractivity contribution in [2.75, 3.05) is 25.0 Å². The molecule has 1 amide bonds. The van der Waals surface area contributed by atoms with Crippen molar-refractivity contribution in [3.63, 3.8) is 0 Å². The van der Waals surface area contributed by atoms with Gasteiger partial charge >= 0.3 is 6.18 Å². The van der Waals surface area contributed by atoms with E-state index in [1.165, 1.54) is 6.92 Å². The lowest BCUT2D eigenvalue weighted by Gasteiger charge is -2.33. The molecule has 1 fully saturated rings. The minimum Gasteiger partial charge on any atom is -0.310 e. The van der Waals surface area contributed by atoms with Gasteiger partial charge in [0, 0.05) is 42.9 Å². The molecule has 0 spiro atoms. The monoisotopic (exact) mass is 445 g/mol. The summed E-state index contributed by atoms with van der Waals surface area (Å²) in [5, 5.41) is 9.00. The van der Waals surface area contributed by atoms with E-state index < -0.39 is 12.1 Å². The fourth-order valence-electron chi connectivity index (χ4n) is 4.06. The average Bonchev–Trinajstić information content (AvgIpc) is 3.19. The number of aryl methyl sites for hydroxylation is 1. The summed E-state index contributed by atoms with van der Waals surface area (Å²) in [5.74, 6) is -1.26. The van der Waals surface area contributed by atoms with E-state index in [0.29, 0.717) is 31.7 Å². The highest BCUT2D eigenvalue weighted by Crippen LogP contribution is 2.29. The maximum atomic E-state index is 12.8. The van der Waals surface area contributed by atoms with Gasteiger partial charge in [0.1, 0.15) is 5.82 Å². The molecule has 0 bridgehead atoms. The van der Waals surface area contributed by atoms with Crippen LogP contribution < -0.4 is 5.32 Å². The highest BCUT2D eigenvalue weighted by Gasteiger charge is 2.37. The number of aromatic nitrogens is 3. The van der Waals surface area contributed by atoms with Crippen molar-refractivity contribution < 1.29 is 18.0 Å². The number of alkyl halides is 3. The molecule has 4 rings (SSSR count). The van der Waals surface area contributed by atoms with Crippen molar-refractivity contribution in [1.82, 2.24) is 19.7 Å². The molecule has 3 heterocycles. The van der Waals surface area contributed by atoms with Gasteiger partial charge in [-0.3, -0.25) is 9.48 Å². The third-order valence-corrected chi connectivity index (χ3v) is 6.06. The second-order valence-electron chi connectivity index (χ2n) is 8.54. The van der Waals surface area contributed by atoms with E-state index in [2.05, 4.69) is 15.4 Å². The molecule has 9 heteroatoms. The van der Waals surface area contributed by atoms with Gasteiger partial charge in [-0.2, -0.15) is 18.3 Å². The number of nitrogens with zero attached hydrogens (tertiary/aromatic N) is 4. The predicted molar refractivity (Wildman–Crippen MR) is 117 cm³/mol. The molecule has 1 aliphatic heterocycles. The molecule has 1 aromatic carbocycles. The first-order valence-electron chi connectivity index (χ1n) is 10.7. The largest absolute Gasteiger partial charge is 0.392 e. The molecular formula is C23H26F3N5O. The number of piperidine rings is 1. The number of anilines is 1. The summed E-state index contributed by atoms with van der Waals surface area (Å²) in [6.45, 7) is 2.14. The first-order chi connectivity index (χ1) is 15.2. The number of hydrogen-bond donors (Lipinski definition) is 1. The van der Waals surface area contributed by atoms with Crippen LogP contribution in [0.25, 0.3) is 21.9 Å². The molecule has 1 saturated heterocycles. The Balaban J connectivity index is 1.38. The summed E-state index contributed by atoms with van der Waals surface area (Å²) in [6.07, 6.45) is 2.34. The van der Waals surface area contributed by atoms with E-state index in [9.17, 15) is 18.0 Å². The number of fused-ring (bicyclic) bond motifs is 1. The van der Waals surface area contributed by atoms with E-state index in [4.69, 9.17) is 0 Å². The molecule has 1 atom stereocenters. The first-order valence-corrected chi connectivity index (χ1v) is 10.7. The summed E-state index contributed by atoms with van der Waals surface area (Å²) in [6, 6.07) is 7.86. The summed E-state index contributed by atoms with van der Waals surface area (Å²) in [7, 11) is 1.86. The van der Waals surface area contributed by atoms with Crippen LogP contribution in [0.3, 0.4) is 0 Å². The second-order valence-corrected chi connectivity index (χ2v) is 8.54. The van der Waals surface area contributed by atoms with Gasteiger partial charge in [-0.05, 0) is 49.0 Å². The van der Waals surface area contributed by atoms with E-state index in [-0.39, 0.29) is 18.4 Å². The van der Waals surface area contributed by atoms with Gasteiger partial charge in [0.15, 0.2) is 0 Å². The van der Waals surface area contributed by atoms with Crippen LogP contribution in [0.2, 0.25) is 0 Å². The number of hydrogen-bond acceptors (Lipinski definition) is 4. The van der Waals surface area contributed by atoms with Crippen LogP contribution in [0.15, 0.2) is 42.9 Å². The summed E-state index contributed by atoms with van der Waals surface area (Å²) < 4.78 is 40.1. The number of carbonyl (C=O) groups is 1. The van der Waals surface area contributed by atoms with E-state index in [1.54, 1.807) is 22.0 Å². The Morgan fingerprint density at radius 2 is 1.91 bits per heavy atom. The van der Waals surface area contributed by atoms with Gasteiger partial charge in [-0.1, -0.05) is 19.1 Å². The molecule has 0 saturated carbocycles. The normalized spacial score (nSPS) is 16.9. The molecule has 170 valence electrons. The Morgan fingerprint density at radius 1 is 1.16 bits per heavy atom. The Labute approximate surface area is 184 Å². The molecule has 0 aliphatic carbocycles. The minimum atomic E-state index is -4.19.